The molecule has 0 radical (unpaired) electrons. The Bertz CT molecular complexity index is 477. The molecule has 1 rings (SSSR count). The van der Waals surface area contributed by atoms with Gasteiger partial charge < -0.3 is 0 Å². The molecule has 0 saturated carbocycles. The largest absolute Gasteiger partial charge is 0.292 e. The average Bonchev–Trinajstić information content (AvgIpc) is 2.29. The first-order valence-corrected chi connectivity index (χ1v) is 4.81. The van der Waals surface area contributed by atoms with Crippen LogP contribution in [0.2, 0.25) is 5.02 Å². The summed E-state index contributed by atoms with van der Waals surface area (Å²) in [5.74, 6) is -0.0714. The molecular weight excluding hydrogens is 248 g/mol. The average molecular weight is 257 g/mol. The topological polar surface area (TPSA) is 119 Å². The number of rotatable bonds is 4. The standard InChI is InChI=1S/C8H9ClN6O2/c1-14(13-11)8(10)3-6-7(15(16)17)2-5(9)4-12-6/h2,4,10-11H,3H2,1H3. The van der Waals surface area contributed by atoms with E-state index in [2.05, 4.69) is 10.2 Å². The van der Waals surface area contributed by atoms with Crippen LogP contribution in [0.15, 0.2) is 17.5 Å². The van der Waals surface area contributed by atoms with E-state index in [1.54, 1.807) is 0 Å². The smallest absolute Gasteiger partial charge is 0.287 e. The second-order valence-corrected chi connectivity index (χ2v) is 3.56. The third-order valence-electron chi connectivity index (χ3n) is 1.99. The van der Waals surface area contributed by atoms with Gasteiger partial charge in [-0.2, -0.15) is 5.53 Å². The lowest BCUT2D eigenvalue weighted by atomic mass is 10.2. The monoisotopic (exact) mass is 256 g/mol. The summed E-state index contributed by atoms with van der Waals surface area (Å²) in [5.41, 5.74) is 6.57. The Labute approximate surface area is 101 Å². The molecule has 0 aliphatic rings. The molecule has 0 aromatic carbocycles. The fourth-order valence-electron chi connectivity index (χ4n) is 1.08. The van der Waals surface area contributed by atoms with E-state index in [0.29, 0.717) is 0 Å². The van der Waals surface area contributed by atoms with Crippen LogP contribution in [-0.4, -0.2) is 27.8 Å². The van der Waals surface area contributed by atoms with Crippen LogP contribution in [0.1, 0.15) is 5.69 Å². The van der Waals surface area contributed by atoms with Gasteiger partial charge in [0.15, 0.2) is 0 Å². The maximum atomic E-state index is 10.8. The number of pyridine rings is 1. The Morgan fingerprint density at radius 3 is 2.94 bits per heavy atom. The van der Waals surface area contributed by atoms with Crippen LogP contribution in [0.3, 0.4) is 0 Å². The third-order valence-corrected chi connectivity index (χ3v) is 2.19. The summed E-state index contributed by atoms with van der Waals surface area (Å²) in [7, 11) is 1.40. The van der Waals surface area contributed by atoms with Crippen molar-refractivity contribution in [3.05, 3.63) is 33.1 Å². The number of hydrogen-bond donors (Lipinski definition) is 2. The van der Waals surface area contributed by atoms with Crippen molar-refractivity contribution in [3.63, 3.8) is 0 Å². The van der Waals surface area contributed by atoms with E-state index in [9.17, 15) is 10.1 Å². The number of amidine groups is 1. The zero-order valence-corrected chi connectivity index (χ0v) is 9.60. The second-order valence-electron chi connectivity index (χ2n) is 3.12. The Morgan fingerprint density at radius 1 is 1.76 bits per heavy atom. The van der Waals surface area contributed by atoms with Crippen LogP contribution < -0.4 is 0 Å². The summed E-state index contributed by atoms with van der Waals surface area (Å²) < 4.78 is 0. The second kappa shape index (κ2) is 5.30. The Balaban J connectivity index is 3.02. The highest BCUT2D eigenvalue weighted by Gasteiger charge is 2.18. The number of nitro groups is 1. The molecule has 1 heterocycles. The van der Waals surface area contributed by atoms with E-state index < -0.39 is 4.92 Å². The quantitative estimate of drug-likeness (QED) is 0.281. The minimum absolute atomic E-state index is 0.0714. The molecule has 0 bridgehead atoms. The number of nitrogens with one attached hydrogen (secondary N) is 2. The summed E-state index contributed by atoms with van der Waals surface area (Å²) in [6, 6.07) is 1.18. The van der Waals surface area contributed by atoms with Crippen molar-refractivity contribution >= 4 is 23.1 Å². The lowest BCUT2D eigenvalue weighted by Crippen LogP contribution is -2.22. The Hall–Kier alpha value is -2.09. The maximum absolute atomic E-state index is 10.8. The van der Waals surface area contributed by atoms with Gasteiger partial charge in [-0.15, -0.1) is 0 Å². The van der Waals surface area contributed by atoms with Gasteiger partial charge in [0.25, 0.3) is 5.69 Å². The van der Waals surface area contributed by atoms with Gasteiger partial charge in [0.1, 0.15) is 11.5 Å². The van der Waals surface area contributed by atoms with E-state index in [-0.39, 0.29) is 28.7 Å². The van der Waals surface area contributed by atoms with Crippen LogP contribution in [0, 0.1) is 21.1 Å². The molecule has 2 N–H and O–H groups in total. The predicted octanol–water partition coefficient (Wildman–Crippen LogP) is 2.04. The minimum atomic E-state index is -0.612. The van der Waals surface area contributed by atoms with Crippen LogP contribution in [0.5, 0.6) is 0 Å². The van der Waals surface area contributed by atoms with Gasteiger partial charge in [-0.1, -0.05) is 16.8 Å². The van der Waals surface area contributed by atoms with E-state index in [1.807, 2.05) is 0 Å². The Morgan fingerprint density at radius 2 is 2.41 bits per heavy atom. The molecule has 17 heavy (non-hydrogen) atoms. The van der Waals surface area contributed by atoms with Gasteiger partial charge in [-0.3, -0.25) is 20.5 Å². The summed E-state index contributed by atoms with van der Waals surface area (Å²) in [5, 5.41) is 22.5. The molecule has 0 unspecified atom stereocenters. The fourth-order valence-corrected chi connectivity index (χ4v) is 1.24. The Kier molecular flexibility index (Phi) is 4.05. The molecule has 0 spiro atoms. The van der Waals surface area contributed by atoms with Crippen molar-refractivity contribution in [2.45, 2.75) is 6.42 Å². The first-order valence-electron chi connectivity index (χ1n) is 4.43. The van der Waals surface area contributed by atoms with Gasteiger partial charge in [0, 0.05) is 19.3 Å². The molecule has 0 aliphatic carbocycles. The molecule has 1 aromatic heterocycles. The van der Waals surface area contributed by atoms with Crippen LogP contribution >= 0.6 is 11.6 Å². The number of aromatic nitrogens is 1. The van der Waals surface area contributed by atoms with Crippen LogP contribution in [0.4, 0.5) is 5.69 Å². The van der Waals surface area contributed by atoms with Crippen molar-refractivity contribution in [1.29, 1.82) is 10.9 Å². The van der Waals surface area contributed by atoms with E-state index >= 15 is 0 Å². The van der Waals surface area contributed by atoms with Crippen LogP contribution in [0.25, 0.3) is 0 Å². The number of likely N-dealkylation sites (N-methyl/N-ethyl adjacent to an activating group) is 1. The molecule has 90 valence electrons. The summed E-state index contributed by atoms with van der Waals surface area (Å²) in [6.07, 6.45) is 1.18. The number of nitrogens with zero attached hydrogens (tertiary/aromatic N) is 4. The van der Waals surface area contributed by atoms with E-state index in [0.717, 1.165) is 5.01 Å². The maximum Gasteiger partial charge on any atom is 0.292 e. The van der Waals surface area contributed by atoms with Gasteiger partial charge in [0.05, 0.1) is 16.4 Å². The highest BCUT2D eigenvalue weighted by molar-refractivity contribution is 6.30. The first kappa shape index (κ1) is 13.0. The molecule has 0 amide bonds. The SMILES string of the molecule is CN(N=N)C(=N)Cc1ncc(Cl)cc1[N+](=O)[O-]. The first-order chi connectivity index (χ1) is 7.95. The predicted molar refractivity (Wildman–Crippen MR) is 60.2 cm³/mol. The summed E-state index contributed by atoms with van der Waals surface area (Å²) in [6.45, 7) is 0. The molecule has 1 aromatic rings. The zero-order chi connectivity index (χ0) is 13.0. The molecule has 0 fully saturated rings. The van der Waals surface area contributed by atoms with Crippen molar-refractivity contribution in [3.8, 4) is 0 Å². The van der Waals surface area contributed by atoms with Gasteiger partial charge in [-0.05, 0) is 0 Å². The molecule has 0 saturated heterocycles. The van der Waals surface area contributed by atoms with E-state index in [4.69, 9.17) is 22.5 Å². The molecule has 0 atom stereocenters. The van der Waals surface area contributed by atoms with Gasteiger partial charge >= 0.3 is 0 Å². The summed E-state index contributed by atoms with van der Waals surface area (Å²) >= 11 is 5.61. The lowest BCUT2D eigenvalue weighted by Gasteiger charge is -2.11. The van der Waals surface area contributed by atoms with Crippen molar-refractivity contribution in [2.75, 3.05) is 7.05 Å². The van der Waals surface area contributed by atoms with Gasteiger partial charge in [0.2, 0.25) is 0 Å². The highest BCUT2D eigenvalue weighted by atomic mass is 35.5. The van der Waals surface area contributed by atoms with Crippen molar-refractivity contribution in [2.24, 2.45) is 5.22 Å². The fraction of sp³-hybridized carbons (Fsp3) is 0.250. The lowest BCUT2D eigenvalue weighted by molar-refractivity contribution is -0.385. The molecule has 8 nitrogen and oxygen atoms in total. The summed E-state index contributed by atoms with van der Waals surface area (Å²) in [4.78, 5) is 14.0. The number of hydrogen-bond acceptors (Lipinski definition) is 6. The van der Waals surface area contributed by atoms with Crippen LogP contribution in [-0.2, 0) is 6.42 Å². The molecule has 9 heteroatoms. The van der Waals surface area contributed by atoms with Crippen molar-refractivity contribution in [1.82, 2.24) is 9.99 Å². The van der Waals surface area contributed by atoms with E-state index in [1.165, 1.54) is 19.3 Å². The number of halogens is 1. The zero-order valence-electron chi connectivity index (χ0n) is 8.85. The molecule has 0 aliphatic heterocycles. The highest BCUT2D eigenvalue weighted by Crippen LogP contribution is 2.21. The minimum Gasteiger partial charge on any atom is -0.287 e. The third kappa shape index (κ3) is 3.18. The van der Waals surface area contributed by atoms with Crippen molar-refractivity contribution < 1.29 is 4.92 Å². The normalized spacial score (nSPS) is 9.76. The van der Waals surface area contributed by atoms with Gasteiger partial charge in [-0.25, -0.2) is 5.01 Å². The molecular formula is C8H9ClN6O2.